The van der Waals surface area contributed by atoms with Gasteiger partial charge in [-0.05, 0) is 36.4 Å². The zero-order chi connectivity index (χ0) is 16.2. The van der Waals surface area contributed by atoms with Crippen LogP contribution >= 0.6 is 23.4 Å². The fraction of sp³-hybridized carbons (Fsp3) is 0.125. The van der Waals surface area contributed by atoms with Crippen LogP contribution in [-0.2, 0) is 5.75 Å². The number of H-pyrrole nitrogens is 1. The van der Waals surface area contributed by atoms with Crippen molar-refractivity contribution in [3.63, 3.8) is 0 Å². The number of hydrogen-bond acceptors (Lipinski definition) is 4. The number of nitrogens with zero attached hydrogens (tertiary/aromatic N) is 2. The third-order valence-corrected chi connectivity index (χ3v) is 4.46. The Morgan fingerprint density at radius 3 is 2.70 bits per heavy atom. The molecule has 1 N–H and O–H groups in total. The van der Waals surface area contributed by atoms with Crippen molar-refractivity contribution in [3.8, 4) is 17.1 Å². The number of nitrogens with one attached hydrogen (secondary N) is 1. The van der Waals surface area contributed by atoms with Crippen molar-refractivity contribution < 1.29 is 9.13 Å². The third kappa shape index (κ3) is 3.65. The Labute approximate surface area is 142 Å². The number of methoxy groups -OCH3 is 1. The molecule has 0 bridgehead atoms. The Hall–Kier alpha value is -2.05. The quantitative estimate of drug-likeness (QED) is 0.686. The molecule has 0 aliphatic carbocycles. The van der Waals surface area contributed by atoms with Crippen molar-refractivity contribution >= 4 is 23.4 Å². The van der Waals surface area contributed by atoms with E-state index in [0.717, 1.165) is 11.3 Å². The van der Waals surface area contributed by atoms with Gasteiger partial charge >= 0.3 is 0 Å². The van der Waals surface area contributed by atoms with Gasteiger partial charge in [0, 0.05) is 21.9 Å². The van der Waals surface area contributed by atoms with E-state index in [0.29, 0.717) is 27.3 Å². The number of aromatic amines is 1. The number of rotatable bonds is 5. The first-order valence-corrected chi connectivity index (χ1v) is 8.16. The Morgan fingerprint density at radius 1 is 1.22 bits per heavy atom. The largest absolute Gasteiger partial charge is 0.497 e. The van der Waals surface area contributed by atoms with Gasteiger partial charge in [-0.2, -0.15) is 0 Å². The lowest BCUT2D eigenvalue weighted by Gasteiger charge is -2.03. The van der Waals surface area contributed by atoms with Gasteiger partial charge in [-0.3, -0.25) is 5.10 Å². The van der Waals surface area contributed by atoms with Gasteiger partial charge in [0.2, 0.25) is 5.16 Å². The molecule has 0 aliphatic heterocycles. The lowest BCUT2D eigenvalue weighted by atomic mass is 10.2. The van der Waals surface area contributed by atoms with Crippen LogP contribution in [0.4, 0.5) is 4.39 Å². The van der Waals surface area contributed by atoms with Crippen LogP contribution in [-0.4, -0.2) is 22.3 Å². The first kappa shape index (κ1) is 15.8. The van der Waals surface area contributed by atoms with Crippen molar-refractivity contribution in [1.29, 1.82) is 0 Å². The molecule has 3 rings (SSSR count). The number of aromatic nitrogens is 3. The van der Waals surface area contributed by atoms with Crippen LogP contribution in [0.5, 0.6) is 5.75 Å². The molecule has 0 aliphatic rings. The summed E-state index contributed by atoms with van der Waals surface area (Å²) in [6.07, 6.45) is 0. The summed E-state index contributed by atoms with van der Waals surface area (Å²) in [5.74, 6) is 1.47. The van der Waals surface area contributed by atoms with E-state index in [4.69, 9.17) is 16.3 Å². The summed E-state index contributed by atoms with van der Waals surface area (Å²) in [6, 6.07) is 12.1. The lowest BCUT2D eigenvalue weighted by molar-refractivity contribution is 0.415. The van der Waals surface area contributed by atoms with Crippen LogP contribution in [0.15, 0.2) is 47.6 Å². The van der Waals surface area contributed by atoms with Crippen LogP contribution in [0.3, 0.4) is 0 Å². The molecule has 0 radical (unpaired) electrons. The molecule has 0 spiro atoms. The minimum atomic E-state index is -0.323. The molecule has 2 aromatic carbocycles. The second-order valence-electron chi connectivity index (χ2n) is 4.68. The Balaban J connectivity index is 1.72. The van der Waals surface area contributed by atoms with Gasteiger partial charge in [-0.25, -0.2) is 9.37 Å². The molecule has 3 aromatic rings. The maximum absolute atomic E-state index is 13.7. The topological polar surface area (TPSA) is 50.8 Å². The van der Waals surface area contributed by atoms with E-state index in [1.54, 1.807) is 19.2 Å². The predicted octanol–water partition coefficient (Wildman–Crippen LogP) is 4.57. The van der Waals surface area contributed by atoms with E-state index < -0.39 is 0 Å². The molecule has 0 saturated carbocycles. The predicted molar refractivity (Wildman–Crippen MR) is 89.3 cm³/mol. The molecule has 1 aromatic heterocycles. The van der Waals surface area contributed by atoms with Gasteiger partial charge in [0.15, 0.2) is 5.82 Å². The Kier molecular flexibility index (Phi) is 4.83. The van der Waals surface area contributed by atoms with Crippen molar-refractivity contribution in [2.45, 2.75) is 10.9 Å². The van der Waals surface area contributed by atoms with Crippen molar-refractivity contribution in [2.24, 2.45) is 0 Å². The average molecular weight is 350 g/mol. The maximum Gasteiger partial charge on any atom is 0.209 e. The number of benzene rings is 2. The average Bonchev–Trinajstić information content (AvgIpc) is 3.03. The van der Waals surface area contributed by atoms with Gasteiger partial charge in [-0.1, -0.05) is 29.4 Å². The maximum atomic E-state index is 13.7. The zero-order valence-corrected chi connectivity index (χ0v) is 13.8. The fourth-order valence-electron chi connectivity index (χ4n) is 2.00. The van der Waals surface area contributed by atoms with E-state index in [2.05, 4.69) is 15.2 Å². The number of halogens is 2. The summed E-state index contributed by atoms with van der Waals surface area (Å²) in [5.41, 5.74) is 1.35. The van der Waals surface area contributed by atoms with Crippen LogP contribution < -0.4 is 4.74 Å². The molecule has 0 fully saturated rings. The van der Waals surface area contributed by atoms with Crippen molar-refractivity contribution in [3.05, 3.63) is 58.9 Å². The summed E-state index contributed by atoms with van der Waals surface area (Å²) in [5, 5.41) is 7.96. The second kappa shape index (κ2) is 7.02. The minimum Gasteiger partial charge on any atom is -0.497 e. The fourth-order valence-corrected chi connectivity index (χ4v) is 3.14. The summed E-state index contributed by atoms with van der Waals surface area (Å²) >= 11 is 7.33. The molecule has 0 atom stereocenters. The number of ether oxygens (including phenoxy) is 1. The highest BCUT2D eigenvalue weighted by molar-refractivity contribution is 7.98. The normalized spacial score (nSPS) is 10.7. The molecule has 4 nitrogen and oxygen atoms in total. The number of thioether (sulfide) groups is 1. The van der Waals surface area contributed by atoms with E-state index in [-0.39, 0.29) is 5.82 Å². The highest BCUT2D eigenvalue weighted by Crippen LogP contribution is 2.28. The van der Waals surface area contributed by atoms with Crippen molar-refractivity contribution in [1.82, 2.24) is 15.2 Å². The summed E-state index contributed by atoms with van der Waals surface area (Å²) < 4.78 is 18.9. The molecule has 7 heteroatoms. The summed E-state index contributed by atoms with van der Waals surface area (Å²) in [6.45, 7) is 0. The van der Waals surface area contributed by atoms with Gasteiger partial charge in [0.1, 0.15) is 11.6 Å². The van der Waals surface area contributed by atoms with E-state index in [1.807, 2.05) is 24.3 Å². The zero-order valence-electron chi connectivity index (χ0n) is 12.2. The first-order chi connectivity index (χ1) is 11.2. The third-order valence-electron chi connectivity index (χ3n) is 3.24. The summed E-state index contributed by atoms with van der Waals surface area (Å²) in [4.78, 5) is 4.40. The SMILES string of the molecule is COc1ccc(-c2nc(SCc3c(F)cccc3Cl)n[nH]2)cc1. The highest BCUT2D eigenvalue weighted by atomic mass is 35.5. The molecule has 0 unspecified atom stereocenters. The van der Waals surface area contributed by atoms with Gasteiger partial charge in [0.25, 0.3) is 0 Å². The highest BCUT2D eigenvalue weighted by Gasteiger charge is 2.11. The molecule has 23 heavy (non-hydrogen) atoms. The van der Waals surface area contributed by atoms with E-state index in [1.165, 1.54) is 17.8 Å². The monoisotopic (exact) mass is 349 g/mol. The Morgan fingerprint density at radius 2 is 2.00 bits per heavy atom. The van der Waals surface area contributed by atoms with Gasteiger partial charge in [0.05, 0.1) is 7.11 Å². The lowest BCUT2D eigenvalue weighted by Crippen LogP contribution is -1.89. The van der Waals surface area contributed by atoms with Gasteiger partial charge < -0.3 is 4.74 Å². The molecular weight excluding hydrogens is 337 g/mol. The second-order valence-corrected chi connectivity index (χ2v) is 6.03. The molecule has 118 valence electrons. The molecule has 1 heterocycles. The van der Waals surface area contributed by atoms with Crippen LogP contribution in [0, 0.1) is 5.82 Å². The number of hydrogen-bond donors (Lipinski definition) is 1. The van der Waals surface area contributed by atoms with Crippen LogP contribution in [0.1, 0.15) is 5.56 Å². The molecule has 0 saturated heterocycles. The standard InChI is InChI=1S/C16H13ClFN3OS/c1-22-11-7-5-10(6-8-11)15-19-16(21-20-15)23-9-12-13(17)3-2-4-14(12)18/h2-8H,9H2,1H3,(H,19,20,21). The first-order valence-electron chi connectivity index (χ1n) is 6.80. The van der Waals surface area contributed by atoms with E-state index in [9.17, 15) is 4.39 Å². The molecular formula is C16H13ClFN3OS. The van der Waals surface area contributed by atoms with Gasteiger partial charge in [-0.15, -0.1) is 5.10 Å². The van der Waals surface area contributed by atoms with E-state index >= 15 is 0 Å². The minimum absolute atomic E-state index is 0.323. The molecule has 0 amide bonds. The van der Waals surface area contributed by atoms with Crippen molar-refractivity contribution in [2.75, 3.05) is 7.11 Å². The van der Waals surface area contributed by atoms with Crippen LogP contribution in [0.25, 0.3) is 11.4 Å². The Bertz CT molecular complexity index is 787. The summed E-state index contributed by atoms with van der Waals surface area (Å²) in [7, 11) is 1.62. The smallest absolute Gasteiger partial charge is 0.209 e. The van der Waals surface area contributed by atoms with Crippen LogP contribution in [0.2, 0.25) is 5.02 Å².